The van der Waals surface area contributed by atoms with Crippen LogP contribution < -0.4 is 5.32 Å². The number of nitrogens with one attached hydrogen (secondary N) is 1. The number of anilines is 1. The topological polar surface area (TPSA) is 52.7 Å². The molecule has 0 aliphatic carbocycles. The van der Waals surface area contributed by atoms with Gasteiger partial charge in [-0.2, -0.15) is 0 Å². The van der Waals surface area contributed by atoms with Crippen molar-refractivity contribution < 1.29 is 14.0 Å². The zero-order chi connectivity index (χ0) is 19.4. The fourth-order valence-electron chi connectivity index (χ4n) is 2.91. The minimum Gasteiger partial charge on any atom is -0.336 e. The molecule has 1 heterocycles. The number of benzene rings is 2. The molecule has 0 unspecified atom stereocenters. The van der Waals surface area contributed by atoms with Crippen LogP contribution in [0, 0.1) is 5.82 Å². The van der Waals surface area contributed by atoms with E-state index in [0.29, 0.717) is 47.5 Å². The lowest BCUT2D eigenvalue weighted by Crippen LogP contribution is -2.50. The lowest BCUT2D eigenvalue weighted by atomic mass is 10.2. The molecule has 142 valence electrons. The first-order valence-corrected chi connectivity index (χ1v) is 9.19. The Morgan fingerprint density at radius 2 is 1.56 bits per heavy atom. The van der Waals surface area contributed by atoms with Gasteiger partial charge in [0.25, 0.3) is 5.91 Å². The molecule has 2 aromatic rings. The van der Waals surface area contributed by atoms with Gasteiger partial charge in [0.15, 0.2) is 0 Å². The van der Waals surface area contributed by atoms with Crippen molar-refractivity contribution in [1.82, 2.24) is 9.80 Å². The average Bonchev–Trinajstić information content (AvgIpc) is 2.63. The molecule has 1 saturated heterocycles. The third kappa shape index (κ3) is 5.42. The molecule has 8 heteroatoms. The quantitative estimate of drug-likeness (QED) is 0.839. The fourth-order valence-corrected chi connectivity index (χ4v) is 3.43. The van der Waals surface area contributed by atoms with Crippen LogP contribution in [-0.4, -0.2) is 54.3 Å². The van der Waals surface area contributed by atoms with Gasteiger partial charge >= 0.3 is 0 Å². The second-order valence-electron chi connectivity index (χ2n) is 6.28. The van der Waals surface area contributed by atoms with Gasteiger partial charge in [-0.1, -0.05) is 23.2 Å². The summed E-state index contributed by atoms with van der Waals surface area (Å²) in [5, 5.41) is 3.57. The van der Waals surface area contributed by atoms with Crippen LogP contribution in [0.4, 0.5) is 10.1 Å². The molecule has 0 atom stereocenters. The summed E-state index contributed by atoms with van der Waals surface area (Å²) < 4.78 is 12.9. The van der Waals surface area contributed by atoms with Crippen LogP contribution in [0.1, 0.15) is 10.4 Å². The van der Waals surface area contributed by atoms with Gasteiger partial charge < -0.3 is 10.2 Å². The molecule has 0 spiro atoms. The molecule has 2 amide bonds. The Kier molecular flexibility index (Phi) is 6.31. The monoisotopic (exact) mass is 409 g/mol. The Morgan fingerprint density at radius 3 is 2.15 bits per heavy atom. The third-order valence-corrected chi connectivity index (χ3v) is 4.70. The lowest BCUT2D eigenvalue weighted by Gasteiger charge is -2.34. The highest BCUT2D eigenvalue weighted by atomic mass is 35.5. The smallest absolute Gasteiger partial charge is 0.254 e. The molecule has 0 radical (unpaired) electrons. The summed E-state index contributed by atoms with van der Waals surface area (Å²) in [5.74, 6) is -0.660. The maximum Gasteiger partial charge on any atom is 0.254 e. The van der Waals surface area contributed by atoms with Crippen LogP contribution in [-0.2, 0) is 4.79 Å². The number of carbonyl (C=O) groups excluding carboxylic acids is 2. The first kappa shape index (κ1) is 19.6. The minimum absolute atomic E-state index is 0.130. The van der Waals surface area contributed by atoms with E-state index in [-0.39, 0.29) is 24.2 Å². The normalized spacial score (nSPS) is 14.9. The molecular formula is C19H18Cl2FN3O2. The number of carbonyl (C=O) groups is 2. The Labute approximate surface area is 166 Å². The van der Waals surface area contributed by atoms with Crippen LogP contribution in [0.15, 0.2) is 42.5 Å². The fraction of sp³-hybridized carbons (Fsp3) is 0.263. The predicted octanol–water partition coefficient (Wildman–Crippen LogP) is 3.53. The van der Waals surface area contributed by atoms with Crippen LogP contribution in [0.3, 0.4) is 0 Å². The highest BCUT2D eigenvalue weighted by Crippen LogP contribution is 2.20. The Bertz CT molecular complexity index is 817. The van der Waals surface area contributed by atoms with E-state index in [1.54, 1.807) is 23.1 Å². The summed E-state index contributed by atoms with van der Waals surface area (Å²) in [5.41, 5.74) is 1.00. The number of halogens is 3. The van der Waals surface area contributed by atoms with Crippen molar-refractivity contribution in [3.8, 4) is 0 Å². The summed E-state index contributed by atoms with van der Waals surface area (Å²) in [6.07, 6.45) is 0. The Balaban J connectivity index is 1.50. The molecule has 1 aliphatic heterocycles. The zero-order valence-electron chi connectivity index (χ0n) is 14.4. The SMILES string of the molecule is O=C(CN1CCN(C(=O)c2cc(Cl)cc(Cl)c2)CC1)Nc1ccc(F)cc1. The summed E-state index contributed by atoms with van der Waals surface area (Å²) in [7, 11) is 0. The largest absolute Gasteiger partial charge is 0.336 e. The molecule has 3 rings (SSSR count). The molecule has 0 saturated carbocycles. The van der Waals surface area contributed by atoms with Gasteiger partial charge in [0.2, 0.25) is 5.91 Å². The van der Waals surface area contributed by atoms with E-state index in [2.05, 4.69) is 5.32 Å². The molecule has 27 heavy (non-hydrogen) atoms. The molecule has 1 aliphatic rings. The van der Waals surface area contributed by atoms with Crippen LogP contribution in [0.25, 0.3) is 0 Å². The van der Waals surface area contributed by atoms with E-state index in [4.69, 9.17) is 23.2 Å². The molecule has 2 aromatic carbocycles. The van der Waals surface area contributed by atoms with Crippen molar-refractivity contribution in [2.45, 2.75) is 0 Å². The van der Waals surface area contributed by atoms with Crippen molar-refractivity contribution in [2.75, 3.05) is 38.0 Å². The molecule has 1 fully saturated rings. The molecule has 0 bridgehead atoms. The van der Waals surface area contributed by atoms with E-state index in [1.807, 2.05) is 4.90 Å². The van der Waals surface area contributed by atoms with Crippen molar-refractivity contribution in [3.05, 3.63) is 63.9 Å². The molecular weight excluding hydrogens is 392 g/mol. The van der Waals surface area contributed by atoms with Crippen molar-refractivity contribution >= 4 is 40.7 Å². The number of rotatable bonds is 4. The number of hydrogen-bond donors (Lipinski definition) is 1. The standard InChI is InChI=1S/C19H18Cl2FN3O2/c20-14-9-13(10-15(21)11-14)19(27)25-7-5-24(6-8-25)12-18(26)23-17-3-1-16(22)2-4-17/h1-4,9-11H,5-8,12H2,(H,23,26). The van der Waals surface area contributed by atoms with Crippen molar-refractivity contribution in [3.63, 3.8) is 0 Å². The summed E-state index contributed by atoms with van der Waals surface area (Å²) in [6, 6.07) is 10.4. The van der Waals surface area contributed by atoms with E-state index in [1.165, 1.54) is 24.3 Å². The number of piperazine rings is 1. The van der Waals surface area contributed by atoms with Crippen LogP contribution in [0.2, 0.25) is 10.0 Å². The maximum atomic E-state index is 12.9. The van der Waals surface area contributed by atoms with Crippen LogP contribution >= 0.6 is 23.2 Å². The summed E-state index contributed by atoms with van der Waals surface area (Å²) in [6.45, 7) is 2.38. The van der Waals surface area contributed by atoms with Crippen LogP contribution in [0.5, 0.6) is 0 Å². The third-order valence-electron chi connectivity index (χ3n) is 4.26. The second-order valence-corrected chi connectivity index (χ2v) is 7.15. The average molecular weight is 410 g/mol. The van der Waals surface area contributed by atoms with E-state index >= 15 is 0 Å². The van der Waals surface area contributed by atoms with E-state index < -0.39 is 0 Å². The van der Waals surface area contributed by atoms with Crippen molar-refractivity contribution in [1.29, 1.82) is 0 Å². The Morgan fingerprint density at radius 1 is 0.963 bits per heavy atom. The maximum absolute atomic E-state index is 12.9. The van der Waals surface area contributed by atoms with E-state index in [0.717, 1.165) is 0 Å². The molecule has 5 nitrogen and oxygen atoms in total. The number of nitrogens with zero attached hydrogens (tertiary/aromatic N) is 2. The second kappa shape index (κ2) is 8.69. The first-order chi connectivity index (χ1) is 12.9. The molecule has 0 aromatic heterocycles. The lowest BCUT2D eigenvalue weighted by molar-refractivity contribution is -0.117. The van der Waals surface area contributed by atoms with Gasteiger partial charge in [0.05, 0.1) is 6.54 Å². The minimum atomic E-state index is -0.352. The van der Waals surface area contributed by atoms with E-state index in [9.17, 15) is 14.0 Å². The van der Waals surface area contributed by atoms with Gasteiger partial charge in [-0.15, -0.1) is 0 Å². The van der Waals surface area contributed by atoms with Gasteiger partial charge in [-0.3, -0.25) is 14.5 Å². The van der Waals surface area contributed by atoms with Gasteiger partial charge in [0, 0.05) is 47.5 Å². The number of amides is 2. The Hall–Kier alpha value is -2.15. The summed E-state index contributed by atoms with van der Waals surface area (Å²) >= 11 is 11.9. The van der Waals surface area contributed by atoms with Gasteiger partial charge in [-0.25, -0.2) is 4.39 Å². The number of hydrogen-bond acceptors (Lipinski definition) is 3. The summed E-state index contributed by atoms with van der Waals surface area (Å²) in [4.78, 5) is 28.4. The van der Waals surface area contributed by atoms with Crippen molar-refractivity contribution in [2.24, 2.45) is 0 Å². The first-order valence-electron chi connectivity index (χ1n) is 8.44. The molecule has 1 N–H and O–H groups in total. The zero-order valence-corrected chi connectivity index (χ0v) is 15.9. The highest BCUT2D eigenvalue weighted by molar-refractivity contribution is 6.35. The van der Waals surface area contributed by atoms with Gasteiger partial charge in [-0.05, 0) is 42.5 Å². The van der Waals surface area contributed by atoms with Gasteiger partial charge in [0.1, 0.15) is 5.82 Å². The highest BCUT2D eigenvalue weighted by Gasteiger charge is 2.23. The predicted molar refractivity (Wildman–Crippen MR) is 104 cm³/mol.